The van der Waals surface area contributed by atoms with E-state index < -0.39 is 18.0 Å². The fourth-order valence-electron chi connectivity index (χ4n) is 1.84. The standard InChI is InChI=1S/C15H19ClN2O3/c1-4-7-13(14(19)20)17-15(21)18(3)10(2)11-8-5-6-9-12(11)16/h4-6,8-10,13H,1,7H2,2-3H3,(H,17,21)(H,19,20). The summed E-state index contributed by atoms with van der Waals surface area (Å²) in [6, 6.07) is 5.47. The minimum Gasteiger partial charge on any atom is -0.480 e. The van der Waals surface area contributed by atoms with E-state index in [1.807, 2.05) is 25.1 Å². The molecule has 21 heavy (non-hydrogen) atoms. The Kier molecular flexibility index (Phi) is 6.24. The third kappa shape index (κ3) is 4.49. The van der Waals surface area contributed by atoms with E-state index in [2.05, 4.69) is 11.9 Å². The summed E-state index contributed by atoms with van der Waals surface area (Å²) in [4.78, 5) is 24.6. The van der Waals surface area contributed by atoms with Gasteiger partial charge in [-0.25, -0.2) is 9.59 Å². The number of carboxylic acids is 1. The van der Waals surface area contributed by atoms with Gasteiger partial charge in [-0.15, -0.1) is 6.58 Å². The summed E-state index contributed by atoms with van der Waals surface area (Å²) in [5, 5.41) is 12.1. The molecule has 0 spiro atoms. The van der Waals surface area contributed by atoms with Crippen LogP contribution in [0.3, 0.4) is 0 Å². The molecule has 2 N–H and O–H groups in total. The van der Waals surface area contributed by atoms with Crippen molar-refractivity contribution in [1.29, 1.82) is 0 Å². The second-order valence-corrected chi connectivity index (χ2v) is 5.08. The number of nitrogens with one attached hydrogen (secondary N) is 1. The van der Waals surface area contributed by atoms with E-state index in [1.54, 1.807) is 13.1 Å². The van der Waals surface area contributed by atoms with Crippen molar-refractivity contribution in [2.24, 2.45) is 0 Å². The topological polar surface area (TPSA) is 69.6 Å². The largest absolute Gasteiger partial charge is 0.480 e. The first kappa shape index (κ1) is 17.0. The lowest BCUT2D eigenvalue weighted by Gasteiger charge is -2.27. The molecule has 0 aromatic heterocycles. The van der Waals surface area contributed by atoms with E-state index in [4.69, 9.17) is 16.7 Å². The van der Waals surface area contributed by atoms with E-state index in [0.29, 0.717) is 5.02 Å². The number of carboxylic acid groups (broad SMARTS) is 1. The van der Waals surface area contributed by atoms with Crippen LogP contribution in [0.4, 0.5) is 4.79 Å². The van der Waals surface area contributed by atoms with E-state index in [0.717, 1.165) is 5.56 Å². The van der Waals surface area contributed by atoms with E-state index in [9.17, 15) is 9.59 Å². The van der Waals surface area contributed by atoms with Gasteiger partial charge in [-0.3, -0.25) is 0 Å². The molecule has 1 aromatic carbocycles. The number of carbonyl (C=O) groups is 2. The molecular formula is C15H19ClN2O3. The van der Waals surface area contributed by atoms with E-state index in [-0.39, 0.29) is 12.5 Å². The van der Waals surface area contributed by atoms with Crippen LogP contribution >= 0.6 is 11.6 Å². The van der Waals surface area contributed by atoms with Crippen LogP contribution in [-0.4, -0.2) is 35.1 Å². The summed E-state index contributed by atoms with van der Waals surface area (Å²) in [6.07, 6.45) is 1.62. The van der Waals surface area contributed by atoms with Gasteiger partial charge in [0.15, 0.2) is 0 Å². The first-order chi connectivity index (χ1) is 9.88. The third-order valence-corrected chi connectivity index (χ3v) is 3.60. The molecule has 2 atom stereocenters. The van der Waals surface area contributed by atoms with Crippen molar-refractivity contribution in [3.05, 3.63) is 47.5 Å². The minimum atomic E-state index is -1.10. The number of urea groups is 1. The van der Waals surface area contributed by atoms with Gasteiger partial charge >= 0.3 is 12.0 Å². The van der Waals surface area contributed by atoms with Gasteiger partial charge in [-0.05, 0) is 25.0 Å². The Bertz CT molecular complexity index is 533. The summed E-state index contributed by atoms with van der Waals surface area (Å²) in [5.41, 5.74) is 0.799. The average molecular weight is 311 g/mol. The van der Waals surface area contributed by atoms with Crippen molar-refractivity contribution in [3.8, 4) is 0 Å². The predicted molar refractivity (Wildman–Crippen MR) is 82.4 cm³/mol. The Morgan fingerprint density at radius 1 is 1.48 bits per heavy atom. The molecule has 0 radical (unpaired) electrons. The molecule has 2 amide bonds. The monoisotopic (exact) mass is 310 g/mol. The second-order valence-electron chi connectivity index (χ2n) is 4.67. The zero-order valence-corrected chi connectivity index (χ0v) is 12.8. The van der Waals surface area contributed by atoms with Crippen LogP contribution in [0.1, 0.15) is 24.9 Å². The minimum absolute atomic E-state index is 0.162. The number of hydrogen-bond donors (Lipinski definition) is 2. The number of carbonyl (C=O) groups excluding carboxylic acids is 1. The van der Waals surface area contributed by atoms with Crippen molar-refractivity contribution in [2.45, 2.75) is 25.4 Å². The molecule has 6 heteroatoms. The van der Waals surface area contributed by atoms with Crippen molar-refractivity contribution in [1.82, 2.24) is 10.2 Å². The highest BCUT2D eigenvalue weighted by atomic mass is 35.5. The predicted octanol–water partition coefficient (Wildman–Crippen LogP) is 3.07. The number of rotatable bonds is 6. The van der Waals surface area contributed by atoms with Crippen LogP contribution in [0.15, 0.2) is 36.9 Å². The summed E-state index contributed by atoms with van der Waals surface area (Å²) in [5.74, 6) is -1.10. The molecule has 0 bridgehead atoms. The van der Waals surface area contributed by atoms with Crippen LogP contribution in [0.2, 0.25) is 5.02 Å². The molecule has 0 saturated heterocycles. The van der Waals surface area contributed by atoms with Gasteiger partial charge in [0.25, 0.3) is 0 Å². The van der Waals surface area contributed by atoms with Crippen molar-refractivity contribution < 1.29 is 14.7 Å². The zero-order chi connectivity index (χ0) is 16.0. The Labute approximate surface area is 129 Å². The lowest BCUT2D eigenvalue weighted by Crippen LogP contribution is -2.47. The molecule has 0 saturated carbocycles. The number of benzene rings is 1. The Balaban J connectivity index is 2.80. The SMILES string of the molecule is C=CCC(NC(=O)N(C)C(C)c1ccccc1Cl)C(=O)O. The van der Waals surface area contributed by atoms with E-state index in [1.165, 1.54) is 11.0 Å². The molecule has 1 aromatic rings. The highest BCUT2D eigenvalue weighted by Crippen LogP contribution is 2.26. The average Bonchev–Trinajstić information content (AvgIpc) is 2.45. The highest BCUT2D eigenvalue weighted by molar-refractivity contribution is 6.31. The molecule has 114 valence electrons. The molecule has 0 aliphatic carbocycles. The fourth-order valence-corrected chi connectivity index (χ4v) is 2.13. The van der Waals surface area contributed by atoms with Gasteiger partial charge in [-0.2, -0.15) is 0 Å². The second kappa shape index (κ2) is 7.69. The Morgan fingerprint density at radius 3 is 2.62 bits per heavy atom. The van der Waals surface area contributed by atoms with Gasteiger partial charge in [0, 0.05) is 12.1 Å². The molecule has 0 fully saturated rings. The summed E-state index contributed by atoms with van der Waals surface area (Å²) in [6.45, 7) is 5.31. The number of aliphatic carboxylic acids is 1. The van der Waals surface area contributed by atoms with Crippen LogP contribution in [0.5, 0.6) is 0 Å². The highest BCUT2D eigenvalue weighted by Gasteiger charge is 2.24. The van der Waals surface area contributed by atoms with Crippen molar-refractivity contribution >= 4 is 23.6 Å². The van der Waals surface area contributed by atoms with Gasteiger partial charge in [-0.1, -0.05) is 35.9 Å². The molecule has 0 aliphatic heterocycles. The smallest absolute Gasteiger partial charge is 0.326 e. The normalized spacial score (nSPS) is 13.1. The van der Waals surface area contributed by atoms with Gasteiger partial charge < -0.3 is 15.3 Å². The van der Waals surface area contributed by atoms with Gasteiger partial charge in [0.05, 0.1) is 6.04 Å². The lowest BCUT2D eigenvalue weighted by molar-refractivity contribution is -0.139. The maximum Gasteiger partial charge on any atom is 0.326 e. The summed E-state index contributed by atoms with van der Waals surface area (Å²) in [7, 11) is 1.59. The van der Waals surface area contributed by atoms with Crippen LogP contribution < -0.4 is 5.32 Å². The Morgan fingerprint density at radius 2 is 2.10 bits per heavy atom. The first-order valence-electron chi connectivity index (χ1n) is 6.50. The van der Waals surface area contributed by atoms with Gasteiger partial charge in [0.1, 0.15) is 6.04 Å². The maximum absolute atomic E-state index is 12.1. The lowest BCUT2D eigenvalue weighted by atomic mass is 10.1. The summed E-state index contributed by atoms with van der Waals surface area (Å²) < 4.78 is 0. The number of nitrogens with zero attached hydrogens (tertiary/aromatic N) is 1. The van der Waals surface area contributed by atoms with Crippen molar-refractivity contribution in [2.75, 3.05) is 7.05 Å². The number of amides is 2. The van der Waals surface area contributed by atoms with E-state index >= 15 is 0 Å². The molecule has 1 rings (SSSR count). The molecule has 0 aliphatic rings. The molecule has 5 nitrogen and oxygen atoms in total. The third-order valence-electron chi connectivity index (χ3n) is 3.25. The number of hydrogen-bond acceptors (Lipinski definition) is 2. The molecular weight excluding hydrogens is 292 g/mol. The van der Waals surface area contributed by atoms with Crippen LogP contribution in [0, 0.1) is 0 Å². The van der Waals surface area contributed by atoms with Crippen molar-refractivity contribution in [3.63, 3.8) is 0 Å². The summed E-state index contributed by atoms with van der Waals surface area (Å²) >= 11 is 6.11. The quantitative estimate of drug-likeness (QED) is 0.793. The molecule has 0 heterocycles. The number of halogens is 1. The van der Waals surface area contributed by atoms with Gasteiger partial charge in [0.2, 0.25) is 0 Å². The maximum atomic E-state index is 12.1. The first-order valence-corrected chi connectivity index (χ1v) is 6.87. The Hall–Kier alpha value is -2.01. The van der Waals surface area contributed by atoms with Crippen LogP contribution in [-0.2, 0) is 4.79 Å². The van der Waals surface area contributed by atoms with Crippen LogP contribution in [0.25, 0.3) is 0 Å². The fraction of sp³-hybridized carbons (Fsp3) is 0.333. The zero-order valence-electron chi connectivity index (χ0n) is 12.0. The molecule has 2 unspecified atom stereocenters.